The molecule has 2 aliphatic heterocycles. The van der Waals surface area contributed by atoms with E-state index in [4.69, 9.17) is 11.6 Å². The summed E-state index contributed by atoms with van der Waals surface area (Å²) in [5.74, 6) is -0.245. The highest BCUT2D eigenvalue weighted by atomic mass is 35.5. The zero-order valence-corrected chi connectivity index (χ0v) is 18.1. The van der Waals surface area contributed by atoms with Crippen molar-refractivity contribution in [3.63, 3.8) is 0 Å². The summed E-state index contributed by atoms with van der Waals surface area (Å²) in [4.78, 5) is 2.35. The van der Waals surface area contributed by atoms with E-state index in [2.05, 4.69) is 27.1 Å². The number of benzene rings is 2. The smallest absolute Gasteiger partial charge is 0.132 e. The van der Waals surface area contributed by atoms with Gasteiger partial charge in [0.05, 0.1) is 25.2 Å². The van der Waals surface area contributed by atoms with Crippen LogP contribution in [-0.2, 0) is 0 Å². The topological polar surface area (TPSA) is 43.3 Å². The van der Waals surface area contributed by atoms with Crippen molar-refractivity contribution < 1.29 is 9.04 Å². The fraction of sp³-hybridized carbons (Fsp3) is 0.333. The summed E-state index contributed by atoms with van der Waals surface area (Å²) in [6.45, 7) is 5.23. The maximum Gasteiger partial charge on any atom is 0.132 e. The van der Waals surface area contributed by atoms with Crippen molar-refractivity contribution >= 4 is 28.1 Å². The first-order chi connectivity index (χ1) is 15.0. The van der Waals surface area contributed by atoms with Crippen molar-refractivity contribution in [1.29, 1.82) is 0 Å². The van der Waals surface area contributed by atoms with E-state index in [-0.39, 0.29) is 10.5 Å². The summed E-state index contributed by atoms with van der Waals surface area (Å²) in [7, 11) is 0. The summed E-state index contributed by atoms with van der Waals surface area (Å²) in [5.41, 5.74) is 4.42. The average Bonchev–Trinajstić information content (AvgIpc) is 3.37. The van der Waals surface area contributed by atoms with Gasteiger partial charge in [0, 0.05) is 47.5 Å². The fourth-order valence-electron chi connectivity index (χ4n) is 4.59. The number of nitrogens with zero attached hydrogens (tertiary/aromatic N) is 3. The van der Waals surface area contributed by atoms with Gasteiger partial charge in [-0.3, -0.25) is 10.2 Å². The average molecular weight is 441 g/mol. The second-order valence-corrected chi connectivity index (χ2v) is 8.93. The number of nitrogens with one attached hydrogen (secondary N) is 1. The number of hydrogen-bond donors (Lipinski definition) is 1. The second-order valence-electron chi connectivity index (χ2n) is 8.49. The SMILES string of the molecule is [O-][N+]1(CCN2CC=C(c3cn(-c4ccc(F)cc4)c4ccc(Cl)cc34)CC2)CCNC1. The zero-order chi connectivity index (χ0) is 21.4. The largest absolute Gasteiger partial charge is 0.632 e. The quantitative estimate of drug-likeness (QED) is 0.472. The number of quaternary nitrogens is 1. The van der Waals surface area contributed by atoms with Crippen LogP contribution in [0.2, 0.25) is 5.02 Å². The maximum atomic E-state index is 13.4. The monoisotopic (exact) mass is 440 g/mol. The first-order valence-electron chi connectivity index (χ1n) is 10.8. The van der Waals surface area contributed by atoms with Gasteiger partial charge in [0.25, 0.3) is 0 Å². The van der Waals surface area contributed by atoms with Gasteiger partial charge in [-0.15, -0.1) is 0 Å². The molecule has 1 saturated heterocycles. The summed E-state index contributed by atoms with van der Waals surface area (Å²) in [6, 6.07) is 12.5. The number of halogens is 2. The third-order valence-electron chi connectivity index (χ3n) is 6.43. The van der Waals surface area contributed by atoms with Crippen LogP contribution in [0, 0.1) is 11.0 Å². The van der Waals surface area contributed by atoms with Gasteiger partial charge in [-0.25, -0.2) is 4.39 Å². The Kier molecular flexibility index (Phi) is 5.58. The molecule has 1 fully saturated rings. The zero-order valence-electron chi connectivity index (χ0n) is 17.4. The van der Waals surface area contributed by atoms with Crippen LogP contribution in [-0.4, -0.2) is 60.1 Å². The molecule has 7 heteroatoms. The summed E-state index contributed by atoms with van der Waals surface area (Å²) >= 11 is 6.32. The van der Waals surface area contributed by atoms with Gasteiger partial charge in [-0.05, 0) is 54.5 Å². The van der Waals surface area contributed by atoms with Crippen molar-refractivity contribution in [3.8, 4) is 5.69 Å². The highest BCUT2D eigenvalue weighted by Gasteiger charge is 2.24. The van der Waals surface area contributed by atoms with Crippen molar-refractivity contribution in [3.05, 3.63) is 76.3 Å². The lowest BCUT2D eigenvalue weighted by Gasteiger charge is -2.39. The molecule has 2 aromatic carbocycles. The van der Waals surface area contributed by atoms with Gasteiger partial charge >= 0.3 is 0 Å². The standard InChI is InChI=1S/C24H26ClFN4O/c25-19-1-6-24-22(15-19)23(16-29(24)21-4-2-20(26)3-5-21)18-7-10-28(11-8-18)12-14-30(31)13-9-27-17-30/h1-7,15-16,27H,8-14,17H2. The van der Waals surface area contributed by atoms with Gasteiger partial charge in [-0.1, -0.05) is 17.7 Å². The maximum absolute atomic E-state index is 13.4. The van der Waals surface area contributed by atoms with Crippen molar-refractivity contribution in [2.24, 2.45) is 0 Å². The van der Waals surface area contributed by atoms with Crippen LogP contribution in [0.5, 0.6) is 0 Å². The van der Waals surface area contributed by atoms with Crippen LogP contribution in [0.15, 0.2) is 54.7 Å². The number of fused-ring (bicyclic) bond motifs is 1. The van der Waals surface area contributed by atoms with E-state index in [1.165, 1.54) is 17.7 Å². The first kappa shape index (κ1) is 20.7. The normalized spacial score (nSPS) is 22.2. The Labute approximate surface area is 186 Å². The molecule has 1 aromatic heterocycles. The van der Waals surface area contributed by atoms with Crippen LogP contribution < -0.4 is 5.32 Å². The van der Waals surface area contributed by atoms with Gasteiger partial charge < -0.3 is 14.4 Å². The van der Waals surface area contributed by atoms with Gasteiger partial charge in [0.2, 0.25) is 0 Å². The molecule has 5 rings (SSSR count). The molecule has 1 atom stereocenters. The number of hydrogen-bond acceptors (Lipinski definition) is 3. The Balaban J connectivity index is 1.40. The van der Waals surface area contributed by atoms with E-state index in [0.717, 1.165) is 54.8 Å². The van der Waals surface area contributed by atoms with E-state index in [1.807, 2.05) is 18.2 Å². The lowest BCUT2D eigenvalue weighted by molar-refractivity contribution is -0.868. The molecule has 0 saturated carbocycles. The summed E-state index contributed by atoms with van der Waals surface area (Å²) in [6.07, 6.45) is 5.32. The van der Waals surface area contributed by atoms with E-state index < -0.39 is 0 Å². The molecule has 0 bridgehead atoms. The summed E-state index contributed by atoms with van der Waals surface area (Å²) in [5, 5.41) is 17.5. The Morgan fingerprint density at radius 3 is 2.71 bits per heavy atom. The summed E-state index contributed by atoms with van der Waals surface area (Å²) < 4.78 is 15.4. The van der Waals surface area contributed by atoms with Crippen molar-refractivity contribution in [1.82, 2.24) is 14.8 Å². The Morgan fingerprint density at radius 2 is 2.00 bits per heavy atom. The molecule has 0 radical (unpaired) electrons. The van der Waals surface area contributed by atoms with Crippen LogP contribution in [0.1, 0.15) is 12.0 Å². The highest BCUT2D eigenvalue weighted by Crippen LogP contribution is 2.34. The fourth-order valence-corrected chi connectivity index (χ4v) is 4.76. The first-order valence-corrected chi connectivity index (χ1v) is 11.1. The molecular weight excluding hydrogens is 415 g/mol. The molecule has 162 valence electrons. The van der Waals surface area contributed by atoms with Gasteiger partial charge in [-0.2, -0.15) is 0 Å². The Morgan fingerprint density at radius 1 is 1.16 bits per heavy atom. The molecule has 3 heterocycles. The van der Waals surface area contributed by atoms with E-state index in [1.54, 1.807) is 12.1 Å². The lowest BCUT2D eigenvalue weighted by atomic mass is 9.99. The van der Waals surface area contributed by atoms with Gasteiger partial charge in [0.15, 0.2) is 0 Å². The predicted molar refractivity (Wildman–Crippen MR) is 124 cm³/mol. The molecule has 31 heavy (non-hydrogen) atoms. The van der Waals surface area contributed by atoms with Crippen LogP contribution in [0.4, 0.5) is 4.39 Å². The molecule has 1 unspecified atom stereocenters. The molecular formula is C24H26ClFN4O. The number of rotatable bonds is 5. The number of aromatic nitrogens is 1. The minimum atomic E-state index is -0.245. The molecule has 3 aromatic rings. The van der Waals surface area contributed by atoms with Crippen molar-refractivity contribution in [2.75, 3.05) is 45.9 Å². The number of hydroxylamine groups is 3. The lowest BCUT2D eigenvalue weighted by Crippen LogP contribution is -2.46. The minimum Gasteiger partial charge on any atom is -0.632 e. The Hall–Kier alpha value is -2.22. The Bertz CT molecular complexity index is 1120. The molecule has 0 amide bonds. The third-order valence-corrected chi connectivity index (χ3v) is 6.67. The van der Waals surface area contributed by atoms with Crippen LogP contribution >= 0.6 is 11.6 Å². The second kappa shape index (κ2) is 8.37. The van der Waals surface area contributed by atoms with E-state index in [0.29, 0.717) is 24.8 Å². The third kappa shape index (κ3) is 4.27. The molecule has 0 aliphatic carbocycles. The van der Waals surface area contributed by atoms with Crippen LogP contribution in [0.25, 0.3) is 22.2 Å². The van der Waals surface area contributed by atoms with Crippen molar-refractivity contribution in [2.45, 2.75) is 6.42 Å². The molecule has 2 aliphatic rings. The van der Waals surface area contributed by atoms with Gasteiger partial charge in [0.1, 0.15) is 12.5 Å². The van der Waals surface area contributed by atoms with E-state index in [9.17, 15) is 9.60 Å². The van der Waals surface area contributed by atoms with Crippen LogP contribution in [0.3, 0.4) is 0 Å². The molecule has 5 nitrogen and oxygen atoms in total. The van der Waals surface area contributed by atoms with E-state index >= 15 is 0 Å². The minimum absolute atomic E-state index is 0.128. The predicted octanol–water partition coefficient (Wildman–Crippen LogP) is 4.39. The highest BCUT2D eigenvalue weighted by molar-refractivity contribution is 6.31. The molecule has 1 N–H and O–H groups in total. The molecule has 0 spiro atoms.